The number of anilines is 1. The standard InChI is InChI=1S/C11H14ClFN2O2.2C2H6/c1-6-7(5-14-9(12)8(6)13)15-10(16)17-11(2,3)4;2*1-2/h5H,1-4H3,(H,15,16);2*1-2H3. The van der Waals surface area contributed by atoms with Crippen LogP contribution in [0.25, 0.3) is 0 Å². The molecule has 122 valence electrons. The second-order valence-electron chi connectivity index (χ2n) is 4.53. The summed E-state index contributed by atoms with van der Waals surface area (Å²) in [5, 5.41) is 2.19. The van der Waals surface area contributed by atoms with E-state index in [1.54, 1.807) is 20.8 Å². The summed E-state index contributed by atoms with van der Waals surface area (Å²) < 4.78 is 18.4. The van der Waals surface area contributed by atoms with E-state index in [2.05, 4.69) is 10.3 Å². The molecule has 0 aromatic carbocycles. The molecule has 1 aromatic heterocycles. The van der Waals surface area contributed by atoms with Gasteiger partial charge in [0.25, 0.3) is 0 Å². The van der Waals surface area contributed by atoms with Gasteiger partial charge in [0.2, 0.25) is 0 Å². The molecule has 0 spiro atoms. The quantitative estimate of drug-likeness (QED) is 0.687. The predicted molar refractivity (Wildman–Crippen MR) is 86.5 cm³/mol. The van der Waals surface area contributed by atoms with Gasteiger partial charge in [0, 0.05) is 5.56 Å². The van der Waals surface area contributed by atoms with Gasteiger partial charge in [-0.2, -0.15) is 0 Å². The number of rotatable bonds is 1. The van der Waals surface area contributed by atoms with Crippen LogP contribution in [0.15, 0.2) is 6.20 Å². The molecule has 0 atom stereocenters. The second-order valence-corrected chi connectivity index (χ2v) is 4.89. The molecule has 0 unspecified atom stereocenters. The molecule has 21 heavy (non-hydrogen) atoms. The van der Waals surface area contributed by atoms with Crippen LogP contribution in [-0.2, 0) is 4.74 Å². The Hall–Kier alpha value is -1.36. The van der Waals surface area contributed by atoms with Crippen LogP contribution in [0, 0.1) is 12.7 Å². The zero-order valence-corrected chi connectivity index (χ0v) is 14.9. The Morgan fingerprint density at radius 2 is 1.76 bits per heavy atom. The molecule has 0 aliphatic carbocycles. The van der Waals surface area contributed by atoms with E-state index in [1.807, 2.05) is 27.7 Å². The Morgan fingerprint density at radius 3 is 2.19 bits per heavy atom. The highest BCUT2D eigenvalue weighted by Gasteiger charge is 2.18. The summed E-state index contributed by atoms with van der Waals surface area (Å²) in [7, 11) is 0. The summed E-state index contributed by atoms with van der Waals surface area (Å²) in [5.41, 5.74) is -0.159. The van der Waals surface area contributed by atoms with Crippen LogP contribution in [0.2, 0.25) is 5.15 Å². The minimum Gasteiger partial charge on any atom is -0.444 e. The van der Waals surface area contributed by atoms with E-state index in [0.717, 1.165) is 0 Å². The van der Waals surface area contributed by atoms with E-state index in [4.69, 9.17) is 16.3 Å². The molecule has 0 radical (unpaired) electrons. The molecule has 1 aromatic rings. The van der Waals surface area contributed by atoms with E-state index < -0.39 is 17.5 Å². The Kier molecular flexibility index (Phi) is 10.8. The van der Waals surface area contributed by atoms with Gasteiger partial charge < -0.3 is 4.74 Å². The van der Waals surface area contributed by atoms with Gasteiger partial charge in [0.05, 0.1) is 11.9 Å². The molecule has 0 aliphatic rings. The average molecular weight is 321 g/mol. The first kappa shape index (κ1) is 21.9. The van der Waals surface area contributed by atoms with Gasteiger partial charge in [-0.3, -0.25) is 5.32 Å². The highest BCUT2D eigenvalue weighted by molar-refractivity contribution is 6.29. The third kappa shape index (κ3) is 8.50. The monoisotopic (exact) mass is 320 g/mol. The highest BCUT2D eigenvalue weighted by atomic mass is 35.5. The smallest absolute Gasteiger partial charge is 0.412 e. The predicted octanol–water partition coefficient (Wildman–Crippen LogP) is 5.58. The molecule has 1 N–H and O–H groups in total. The number of halogens is 2. The number of carbonyl (C=O) groups excluding carboxylic acids is 1. The topological polar surface area (TPSA) is 51.2 Å². The number of pyridine rings is 1. The fourth-order valence-electron chi connectivity index (χ4n) is 1.09. The number of hydrogen-bond donors (Lipinski definition) is 1. The van der Waals surface area contributed by atoms with Crippen molar-refractivity contribution in [2.24, 2.45) is 0 Å². The molecule has 0 saturated carbocycles. The van der Waals surface area contributed by atoms with Gasteiger partial charge in [0.15, 0.2) is 11.0 Å². The lowest BCUT2D eigenvalue weighted by Crippen LogP contribution is -2.27. The summed E-state index contributed by atoms with van der Waals surface area (Å²) in [5.74, 6) is -0.653. The summed E-state index contributed by atoms with van der Waals surface area (Å²) in [6.07, 6.45) is 0.620. The highest BCUT2D eigenvalue weighted by Crippen LogP contribution is 2.22. The van der Waals surface area contributed by atoms with Gasteiger partial charge in [-0.25, -0.2) is 14.2 Å². The third-order valence-electron chi connectivity index (χ3n) is 1.86. The van der Waals surface area contributed by atoms with Crippen molar-refractivity contribution in [3.8, 4) is 0 Å². The number of ether oxygens (including phenoxy) is 1. The van der Waals surface area contributed by atoms with Crippen molar-refractivity contribution < 1.29 is 13.9 Å². The Balaban J connectivity index is 0. The molecule has 0 aliphatic heterocycles. The van der Waals surface area contributed by atoms with Gasteiger partial charge in [0.1, 0.15) is 5.60 Å². The molecular formula is C15H26ClFN2O2. The van der Waals surface area contributed by atoms with Crippen molar-refractivity contribution in [2.45, 2.75) is 61.0 Å². The number of carbonyl (C=O) groups is 1. The molecule has 1 amide bonds. The van der Waals surface area contributed by atoms with Crippen molar-refractivity contribution in [1.29, 1.82) is 0 Å². The minimum absolute atomic E-state index is 0.218. The number of hydrogen-bond acceptors (Lipinski definition) is 3. The molecular weight excluding hydrogens is 295 g/mol. The van der Waals surface area contributed by atoms with Gasteiger partial charge in [-0.05, 0) is 27.7 Å². The van der Waals surface area contributed by atoms with Crippen molar-refractivity contribution in [3.63, 3.8) is 0 Å². The molecule has 1 heterocycles. The van der Waals surface area contributed by atoms with Crippen LogP contribution in [-0.4, -0.2) is 16.7 Å². The van der Waals surface area contributed by atoms with Crippen LogP contribution >= 0.6 is 11.6 Å². The first-order valence-corrected chi connectivity index (χ1v) is 7.39. The van der Waals surface area contributed by atoms with Crippen molar-refractivity contribution in [3.05, 3.63) is 22.7 Å². The molecule has 1 rings (SSSR count). The number of nitrogens with one attached hydrogen (secondary N) is 1. The summed E-state index contributed by atoms with van der Waals surface area (Å²) >= 11 is 5.50. The van der Waals surface area contributed by atoms with Gasteiger partial charge in [-0.1, -0.05) is 39.3 Å². The maximum Gasteiger partial charge on any atom is 0.412 e. The molecule has 0 fully saturated rings. The molecule has 0 saturated heterocycles. The minimum atomic E-state index is -0.663. The molecule has 4 nitrogen and oxygen atoms in total. The van der Waals surface area contributed by atoms with E-state index in [0.29, 0.717) is 0 Å². The SMILES string of the molecule is CC.CC.Cc1c(NC(=O)OC(C)(C)C)cnc(Cl)c1F. The lowest BCUT2D eigenvalue weighted by atomic mass is 10.2. The van der Waals surface area contributed by atoms with Gasteiger partial charge >= 0.3 is 6.09 Å². The summed E-state index contributed by atoms with van der Waals surface area (Å²) in [6, 6.07) is 0. The largest absolute Gasteiger partial charge is 0.444 e. The lowest BCUT2D eigenvalue weighted by Gasteiger charge is -2.20. The van der Waals surface area contributed by atoms with E-state index in [1.165, 1.54) is 13.1 Å². The maximum atomic E-state index is 13.4. The third-order valence-corrected chi connectivity index (χ3v) is 2.12. The van der Waals surface area contributed by atoms with Crippen molar-refractivity contribution in [1.82, 2.24) is 4.98 Å². The van der Waals surface area contributed by atoms with Gasteiger partial charge in [-0.15, -0.1) is 0 Å². The molecule has 0 bridgehead atoms. The van der Waals surface area contributed by atoms with Crippen LogP contribution < -0.4 is 5.32 Å². The van der Waals surface area contributed by atoms with Crippen LogP contribution in [0.5, 0.6) is 0 Å². The maximum absolute atomic E-state index is 13.4. The van der Waals surface area contributed by atoms with E-state index >= 15 is 0 Å². The fourth-order valence-corrected chi connectivity index (χ4v) is 1.28. The Bertz CT molecular complexity index is 446. The average Bonchev–Trinajstić information content (AvgIpc) is 2.42. The Morgan fingerprint density at radius 1 is 1.29 bits per heavy atom. The number of nitrogens with zero attached hydrogens (tertiary/aromatic N) is 1. The zero-order chi connectivity index (χ0) is 17.2. The van der Waals surface area contributed by atoms with Crippen molar-refractivity contribution in [2.75, 3.05) is 5.32 Å². The first-order valence-electron chi connectivity index (χ1n) is 7.01. The second kappa shape index (κ2) is 10.4. The van der Waals surface area contributed by atoms with E-state index in [9.17, 15) is 9.18 Å². The van der Waals surface area contributed by atoms with Crippen molar-refractivity contribution >= 4 is 23.4 Å². The lowest BCUT2D eigenvalue weighted by molar-refractivity contribution is 0.0635. The summed E-state index contributed by atoms with van der Waals surface area (Å²) in [6.45, 7) is 14.7. The fraction of sp³-hybridized carbons (Fsp3) is 0.600. The van der Waals surface area contributed by atoms with Crippen LogP contribution in [0.1, 0.15) is 54.0 Å². The number of aromatic nitrogens is 1. The molecule has 6 heteroatoms. The van der Waals surface area contributed by atoms with E-state index in [-0.39, 0.29) is 16.4 Å². The van der Waals surface area contributed by atoms with Crippen LogP contribution in [0.3, 0.4) is 0 Å². The normalized spacial score (nSPS) is 9.62. The Labute approximate surface area is 132 Å². The van der Waals surface area contributed by atoms with Crippen LogP contribution in [0.4, 0.5) is 14.9 Å². The number of amides is 1. The first-order chi connectivity index (χ1) is 9.70. The summed E-state index contributed by atoms with van der Waals surface area (Å²) in [4.78, 5) is 15.1. The zero-order valence-electron chi connectivity index (χ0n) is 14.1.